The number of Topliss-reactive ketones (excluding diaryl/α,β-unsaturated/α-hetero) is 1. The van der Waals surface area contributed by atoms with Gasteiger partial charge in [-0.15, -0.1) is 11.8 Å². The molecule has 0 radical (unpaired) electrons. The number of hydrogen-bond donors (Lipinski definition) is 1. The van der Waals surface area contributed by atoms with Crippen LogP contribution < -0.4 is 5.73 Å². The molecule has 1 aliphatic carbocycles. The fourth-order valence-electron chi connectivity index (χ4n) is 2.40. The van der Waals surface area contributed by atoms with Crippen molar-refractivity contribution in [3.63, 3.8) is 0 Å². The molecule has 16 heavy (non-hydrogen) atoms. The number of halogens is 1. The van der Waals surface area contributed by atoms with E-state index in [1.807, 2.05) is 0 Å². The Kier molecular flexibility index (Phi) is 4.70. The second kappa shape index (κ2) is 5.85. The van der Waals surface area contributed by atoms with E-state index in [1.54, 1.807) is 11.8 Å². The summed E-state index contributed by atoms with van der Waals surface area (Å²) >= 11 is 5.36. The average Bonchev–Trinajstić information content (AvgIpc) is 2.65. The summed E-state index contributed by atoms with van der Waals surface area (Å²) in [4.78, 5) is 14.8. The van der Waals surface area contributed by atoms with Crippen molar-refractivity contribution in [3.8, 4) is 0 Å². The van der Waals surface area contributed by atoms with Gasteiger partial charge < -0.3 is 5.73 Å². The molecule has 1 atom stereocenters. The summed E-state index contributed by atoms with van der Waals surface area (Å²) in [7, 11) is 0. The smallest absolute Gasteiger partial charge is 0.149 e. The molecule has 0 aromatic carbocycles. The molecule has 1 saturated carbocycles. The van der Waals surface area contributed by atoms with Crippen LogP contribution in [0.15, 0.2) is 0 Å². The highest BCUT2D eigenvalue weighted by Crippen LogP contribution is 2.30. The summed E-state index contributed by atoms with van der Waals surface area (Å²) in [5.74, 6) is 1.74. The second-order valence-corrected chi connectivity index (χ2v) is 7.17. The lowest BCUT2D eigenvalue weighted by Gasteiger charge is -2.26. The van der Waals surface area contributed by atoms with Crippen molar-refractivity contribution in [1.82, 2.24) is 4.90 Å². The standard InChI is InChI=1S/C11H19BrN2OS/c12-9-3-1-8(2-4-9)10(15)7-14-5-6-16-11(14)13/h8-9,11H,1-7,13H2. The van der Waals surface area contributed by atoms with Gasteiger partial charge in [0.1, 0.15) is 11.3 Å². The molecule has 92 valence electrons. The molecule has 0 spiro atoms. The molecule has 1 heterocycles. The third kappa shape index (κ3) is 3.22. The van der Waals surface area contributed by atoms with Crippen LogP contribution in [0.5, 0.6) is 0 Å². The first kappa shape index (κ1) is 12.9. The van der Waals surface area contributed by atoms with Crippen molar-refractivity contribution in [3.05, 3.63) is 0 Å². The number of carbonyl (C=O) groups is 1. The fourth-order valence-corrected chi connectivity index (χ4v) is 3.90. The van der Waals surface area contributed by atoms with Crippen molar-refractivity contribution in [2.75, 3.05) is 18.8 Å². The summed E-state index contributed by atoms with van der Waals surface area (Å²) in [5, 5.41) is 0. The number of hydrogen-bond acceptors (Lipinski definition) is 4. The zero-order valence-electron chi connectivity index (χ0n) is 9.40. The maximum atomic E-state index is 12.1. The van der Waals surface area contributed by atoms with Gasteiger partial charge in [-0.2, -0.15) is 0 Å². The maximum absolute atomic E-state index is 12.1. The molecule has 0 aromatic heterocycles. The van der Waals surface area contributed by atoms with Crippen molar-refractivity contribution in [2.45, 2.75) is 36.0 Å². The Balaban J connectivity index is 1.79. The van der Waals surface area contributed by atoms with Crippen LogP contribution in [0.4, 0.5) is 0 Å². The van der Waals surface area contributed by atoms with Gasteiger partial charge >= 0.3 is 0 Å². The summed E-state index contributed by atoms with van der Waals surface area (Å²) in [6, 6.07) is 0. The van der Waals surface area contributed by atoms with Crippen LogP contribution >= 0.6 is 27.7 Å². The summed E-state index contributed by atoms with van der Waals surface area (Å²) in [6.45, 7) is 1.52. The molecule has 2 fully saturated rings. The first-order valence-electron chi connectivity index (χ1n) is 5.95. The molecule has 1 unspecified atom stereocenters. The number of alkyl halides is 1. The normalized spacial score (nSPS) is 36.5. The zero-order valence-corrected chi connectivity index (χ0v) is 11.8. The first-order valence-corrected chi connectivity index (χ1v) is 7.91. The minimum atomic E-state index is 0.0384. The predicted octanol–water partition coefficient (Wildman–Crippen LogP) is 1.80. The highest BCUT2D eigenvalue weighted by molar-refractivity contribution is 9.09. The van der Waals surface area contributed by atoms with Gasteiger partial charge in [-0.1, -0.05) is 15.9 Å². The average molecular weight is 307 g/mol. The van der Waals surface area contributed by atoms with Crippen LogP contribution in [0.3, 0.4) is 0 Å². The minimum absolute atomic E-state index is 0.0384. The Bertz CT molecular complexity index is 256. The summed E-state index contributed by atoms with van der Waals surface area (Å²) in [6.07, 6.45) is 4.37. The number of carbonyl (C=O) groups excluding carboxylic acids is 1. The second-order valence-electron chi connectivity index (χ2n) is 4.65. The lowest BCUT2D eigenvalue weighted by Crippen LogP contribution is -2.41. The Morgan fingerprint density at radius 2 is 2.06 bits per heavy atom. The van der Waals surface area contributed by atoms with E-state index in [0.29, 0.717) is 17.2 Å². The van der Waals surface area contributed by atoms with E-state index in [2.05, 4.69) is 20.8 Å². The number of nitrogens with zero attached hydrogens (tertiary/aromatic N) is 1. The van der Waals surface area contributed by atoms with E-state index in [0.717, 1.165) is 38.0 Å². The molecule has 5 heteroatoms. The lowest BCUT2D eigenvalue weighted by molar-refractivity contribution is -0.124. The van der Waals surface area contributed by atoms with Crippen LogP contribution in [0, 0.1) is 5.92 Å². The number of nitrogens with two attached hydrogens (primary N) is 1. The predicted molar refractivity (Wildman–Crippen MR) is 71.7 cm³/mol. The highest BCUT2D eigenvalue weighted by Gasteiger charge is 2.29. The quantitative estimate of drug-likeness (QED) is 0.808. The number of thioether (sulfide) groups is 1. The highest BCUT2D eigenvalue weighted by atomic mass is 79.9. The summed E-state index contributed by atoms with van der Waals surface area (Å²) in [5.41, 5.74) is 5.95. The zero-order chi connectivity index (χ0) is 11.5. The Morgan fingerprint density at radius 3 is 2.62 bits per heavy atom. The van der Waals surface area contributed by atoms with Crippen molar-refractivity contribution >= 4 is 33.5 Å². The molecular formula is C11H19BrN2OS. The number of ketones is 1. The Hall–Kier alpha value is 0.420. The van der Waals surface area contributed by atoms with E-state index in [4.69, 9.17) is 5.73 Å². The van der Waals surface area contributed by atoms with Gasteiger partial charge in [-0.05, 0) is 25.7 Å². The lowest BCUT2D eigenvalue weighted by atomic mass is 9.86. The van der Waals surface area contributed by atoms with Crippen LogP contribution in [0.25, 0.3) is 0 Å². The molecule has 1 aliphatic heterocycles. The van der Waals surface area contributed by atoms with Gasteiger partial charge in [0.05, 0.1) is 6.54 Å². The van der Waals surface area contributed by atoms with E-state index in [-0.39, 0.29) is 11.4 Å². The molecule has 0 amide bonds. The van der Waals surface area contributed by atoms with Gasteiger partial charge in [-0.3, -0.25) is 9.69 Å². The van der Waals surface area contributed by atoms with Crippen LogP contribution in [-0.2, 0) is 4.79 Å². The molecule has 2 rings (SSSR count). The Morgan fingerprint density at radius 1 is 1.38 bits per heavy atom. The van der Waals surface area contributed by atoms with Crippen molar-refractivity contribution < 1.29 is 4.79 Å². The summed E-state index contributed by atoms with van der Waals surface area (Å²) < 4.78 is 0. The number of rotatable bonds is 3. The molecular weight excluding hydrogens is 288 g/mol. The van der Waals surface area contributed by atoms with E-state index in [9.17, 15) is 4.79 Å². The molecule has 2 aliphatic rings. The maximum Gasteiger partial charge on any atom is 0.149 e. The third-order valence-electron chi connectivity index (χ3n) is 3.50. The molecule has 2 N–H and O–H groups in total. The van der Waals surface area contributed by atoms with E-state index in [1.165, 1.54) is 0 Å². The first-order chi connectivity index (χ1) is 7.66. The van der Waals surface area contributed by atoms with Gasteiger partial charge in [0.15, 0.2) is 0 Å². The van der Waals surface area contributed by atoms with Crippen molar-refractivity contribution in [2.24, 2.45) is 11.7 Å². The minimum Gasteiger partial charge on any atom is -0.307 e. The van der Waals surface area contributed by atoms with Crippen LogP contribution in [0.1, 0.15) is 25.7 Å². The molecule has 1 saturated heterocycles. The van der Waals surface area contributed by atoms with Crippen molar-refractivity contribution in [1.29, 1.82) is 0 Å². The fraction of sp³-hybridized carbons (Fsp3) is 0.909. The largest absolute Gasteiger partial charge is 0.307 e. The van der Waals surface area contributed by atoms with Gasteiger partial charge in [0.2, 0.25) is 0 Å². The monoisotopic (exact) mass is 306 g/mol. The SMILES string of the molecule is NC1SCCN1CC(=O)C1CCC(Br)CC1. The Labute approximate surface area is 110 Å². The molecule has 0 bridgehead atoms. The molecule has 3 nitrogen and oxygen atoms in total. The van der Waals surface area contributed by atoms with Gasteiger partial charge in [0.25, 0.3) is 0 Å². The van der Waals surface area contributed by atoms with E-state index < -0.39 is 0 Å². The third-order valence-corrected chi connectivity index (χ3v) is 5.47. The topological polar surface area (TPSA) is 46.3 Å². The van der Waals surface area contributed by atoms with Gasteiger partial charge in [0, 0.05) is 23.0 Å². The van der Waals surface area contributed by atoms with Crippen LogP contribution in [0.2, 0.25) is 0 Å². The molecule has 0 aromatic rings. The van der Waals surface area contributed by atoms with Gasteiger partial charge in [-0.25, -0.2) is 0 Å². The van der Waals surface area contributed by atoms with E-state index >= 15 is 0 Å². The van der Waals surface area contributed by atoms with Crippen LogP contribution in [-0.4, -0.2) is 39.9 Å².